The Morgan fingerprint density at radius 2 is 1.96 bits per heavy atom. The number of carboxylic acids is 1. The van der Waals surface area contributed by atoms with Crippen molar-refractivity contribution in [1.29, 1.82) is 0 Å². The van der Waals surface area contributed by atoms with E-state index in [-0.39, 0.29) is 11.7 Å². The van der Waals surface area contributed by atoms with E-state index in [1.165, 1.54) is 0 Å². The van der Waals surface area contributed by atoms with E-state index in [4.69, 9.17) is 5.10 Å². The lowest BCUT2D eigenvalue weighted by Crippen LogP contribution is -2.26. The van der Waals surface area contributed by atoms with Crippen molar-refractivity contribution in [3.05, 3.63) is 64.6 Å². The number of nitrogens with zero attached hydrogens (tertiary/aromatic N) is 3. The number of aryl methyl sites for hydroxylation is 3. The first-order valence-electron chi connectivity index (χ1n) is 9.07. The van der Waals surface area contributed by atoms with Gasteiger partial charge in [0.05, 0.1) is 23.0 Å². The van der Waals surface area contributed by atoms with Crippen LogP contribution in [0.5, 0.6) is 0 Å². The van der Waals surface area contributed by atoms with E-state index >= 15 is 0 Å². The number of benzene rings is 1. The minimum absolute atomic E-state index is 0.0330. The van der Waals surface area contributed by atoms with Crippen LogP contribution in [0.15, 0.2) is 36.4 Å². The highest BCUT2D eigenvalue weighted by Gasteiger charge is 2.24. The molecule has 0 saturated heterocycles. The average molecular weight is 362 g/mol. The fraction of sp³-hybridized carbons (Fsp3) is 0.286. The van der Waals surface area contributed by atoms with Gasteiger partial charge in [-0.25, -0.2) is 14.3 Å². The predicted octanol–water partition coefficient (Wildman–Crippen LogP) is 3.61. The van der Waals surface area contributed by atoms with Crippen LogP contribution in [0.25, 0.3) is 16.8 Å². The molecule has 1 aromatic carbocycles. The zero-order valence-corrected chi connectivity index (χ0v) is 15.7. The van der Waals surface area contributed by atoms with Crippen LogP contribution in [0.4, 0.5) is 0 Å². The molecule has 1 aliphatic rings. The summed E-state index contributed by atoms with van der Waals surface area (Å²) in [6, 6.07) is 7.65. The number of carboxylic acid groups (broad SMARTS) is 1. The van der Waals surface area contributed by atoms with Crippen molar-refractivity contribution >= 4 is 11.6 Å². The van der Waals surface area contributed by atoms with Crippen LogP contribution >= 0.6 is 0 Å². The van der Waals surface area contributed by atoms with Crippen LogP contribution < -0.4 is 5.32 Å². The fourth-order valence-corrected chi connectivity index (χ4v) is 3.80. The van der Waals surface area contributed by atoms with Crippen LogP contribution in [-0.2, 0) is 0 Å². The Kier molecular flexibility index (Phi) is 4.28. The van der Waals surface area contributed by atoms with E-state index in [1.54, 1.807) is 10.6 Å². The normalized spacial score (nSPS) is 16.8. The molecule has 0 amide bonds. The van der Waals surface area contributed by atoms with Gasteiger partial charge in [-0.1, -0.05) is 30.4 Å². The number of hydrogen-bond acceptors (Lipinski definition) is 4. The molecule has 0 saturated carbocycles. The standard InChI is InChI=1S/C21H22N4O2/c1-12-7-6-8-13(2)18(12)19-14(3)24-25-17(15-9-4-5-10-22-15)11-16(21(26)27)23-20(19)25/h4,6-9,11,15,22H,5,10H2,1-3H3,(H,26,27). The molecule has 2 aromatic heterocycles. The molecule has 138 valence electrons. The first kappa shape index (κ1) is 17.4. The van der Waals surface area contributed by atoms with Gasteiger partial charge in [0, 0.05) is 0 Å². The SMILES string of the molecule is Cc1cccc(C)c1-c1c(C)nn2c(C3C=CCCN3)cc(C(=O)O)nc12. The van der Waals surface area contributed by atoms with E-state index in [1.807, 2.05) is 13.0 Å². The zero-order chi connectivity index (χ0) is 19.1. The molecule has 6 nitrogen and oxygen atoms in total. The molecule has 1 unspecified atom stereocenters. The number of aromatic nitrogens is 3. The minimum atomic E-state index is -1.04. The van der Waals surface area contributed by atoms with E-state index in [9.17, 15) is 9.90 Å². The molecule has 6 heteroatoms. The second-order valence-corrected chi connectivity index (χ2v) is 6.98. The molecule has 1 atom stereocenters. The topological polar surface area (TPSA) is 79.5 Å². The van der Waals surface area contributed by atoms with Crippen molar-refractivity contribution in [2.75, 3.05) is 6.54 Å². The summed E-state index contributed by atoms with van der Waals surface area (Å²) in [5.74, 6) is -1.04. The van der Waals surface area contributed by atoms with Crippen molar-refractivity contribution in [2.24, 2.45) is 0 Å². The highest BCUT2D eigenvalue weighted by atomic mass is 16.4. The van der Waals surface area contributed by atoms with Crippen molar-refractivity contribution < 1.29 is 9.90 Å². The lowest BCUT2D eigenvalue weighted by atomic mass is 9.96. The smallest absolute Gasteiger partial charge is 0.354 e. The molecule has 0 bridgehead atoms. The van der Waals surface area contributed by atoms with Gasteiger partial charge >= 0.3 is 5.97 Å². The van der Waals surface area contributed by atoms with E-state index < -0.39 is 5.97 Å². The van der Waals surface area contributed by atoms with Gasteiger partial charge in [0.15, 0.2) is 11.3 Å². The van der Waals surface area contributed by atoms with Gasteiger partial charge in [-0.05, 0) is 56.5 Å². The number of hydrogen-bond donors (Lipinski definition) is 2. The van der Waals surface area contributed by atoms with Crippen molar-refractivity contribution in [2.45, 2.75) is 33.2 Å². The Morgan fingerprint density at radius 3 is 2.59 bits per heavy atom. The van der Waals surface area contributed by atoms with Crippen LogP contribution in [0, 0.1) is 20.8 Å². The largest absolute Gasteiger partial charge is 0.477 e. The van der Waals surface area contributed by atoms with Gasteiger partial charge in [-0.15, -0.1) is 0 Å². The van der Waals surface area contributed by atoms with Crippen LogP contribution in [0.2, 0.25) is 0 Å². The highest BCUT2D eigenvalue weighted by molar-refractivity contribution is 5.89. The molecule has 3 aromatic rings. The van der Waals surface area contributed by atoms with Crippen molar-refractivity contribution in [3.8, 4) is 11.1 Å². The lowest BCUT2D eigenvalue weighted by Gasteiger charge is -2.20. The number of nitrogens with one attached hydrogen (secondary N) is 1. The van der Waals surface area contributed by atoms with E-state index in [0.717, 1.165) is 46.6 Å². The lowest BCUT2D eigenvalue weighted by molar-refractivity contribution is 0.0690. The second-order valence-electron chi connectivity index (χ2n) is 6.98. The summed E-state index contributed by atoms with van der Waals surface area (Å²) in [5, 5.41) is 17.8. The summed E-state index contributed by atoms with van der Waals surface area (Å²) in [4.78, 5) is 16.2. The van der Waals surface area contributed by atoms with Crippen molar-refractivity contribution in [3.63, 3.8) is 0 Å². The number of rotatable bonds is 3. The van der Waals surface area contributed by atoms with Gasteiger partial charge in [0.1, 0.15) is 0 Å². The molecule has 0 spiro atoms. The maximum absolute atomic E-state index is 11.7. The zero-order valence-electron chi connectivity index (χ0n) is 15.7. The highest BCUT2D eigenvalue weighted by Crippen LogP contribution is 2.34. The molecular weight excluding hydrogens is 340 g/mol. The molecule has 0 radical (unpaired) electrons. The Balaban J connectivity index is 2.06. The second kappa shape index (κ2) is 6.63. The fourth-order valence-electron chi connectivity index (χ4n) is 3.80. The Hall–Kier alpha value is -2.99. The molecule has 27 heavy (non-hydrogen) atoms. The van der Waals surface area contributed by atoms with E-state index in [2.05, 4.69) is 48.4 Å². The van der Waals surface area contributed by atoms with Crippen LogP contribution in [0.3, 0.4) is 0 Å². The molecule has 0 fully saturated rings. The number of fused-ring (bicyclic) bond motifs is 1. The van der Waals surface area contributed by atoms with Crippen molar-refractivity contribution in [1.82, 2.24) is 19.9 Å². The summed E-state index contributed by atoms with van der Waals surface area (Å²) < 4.78 is 1.79. The molecule has 3 heterocycles. The summed E-state index contributed by atoms with van der Waals surface area (Å²) >= 11 is 0. The third-order valence-electron chi connectivity index (χ3n) is 5.06. The van der Waals surface area contributed by atoms with E-state index in [0.29, 0.717) is 5.65 Å². The number of carbonyl (C=O) groups is 1. The first-order valence-corrected chi connectivity index (χ1v) is 9.07. The monoisotopic (exact) mass is 362 g/mol. The quantitative estimate of drug-likeness (QED) is 0.696. The van der Waals surface area contributed by atoms with Gasteiger partial charge < -0.3 is 10.4 Å². The number of aromatic carboxylic acids is 1. The Morgan fingerprint density at radius 1 is 1.22 bits per heavy atom. The third-order valence-corrected chi connectivity index (χ3v) is 5.06. The molecule has 0 aliphatic carbocycles. The van der Waals surface area contributed by atoms with Gasteiger partial charge in [-0.2, -0.15) is 5.10 Å². The summed E-state index contributed by atoms with van der Waals surface area (Å²) in [5.41, 5.74) is 6.44. The average Bonchev–Trinajstić information content (AvgIpc) is 2.97. The maximum Gasteiger partial charge on any atom is 0.354 e. The molecule has 2 N–H and O–H groups in total. The molecule has 1 aliphatic heterocycles. The van der Waals surface area contributed by atoms with Gasteiger partial charge in [0.25, 0.3) is 0 Å². The Labute approximate surface area is 157 Å². The maximum atomic E-state index is 11.7. The summed E-state index contributed by atoms with van der Waals surface area (Å²) in [6.07, 6.45) is 5.12. The molecular formula is C21H22N4O2. The molecule has 4 rings (SSSR count). The minimum Gasteiger partial charge on any atom is -0.477 e. The van der Waals surface area contributed by atoms with Gasteiger partial charge in [-0.3, -0.25) is 0 Å². The van der Waals surface area contributed by atoms with Crippen LogP contribution in [0.1, 0.15) is 45.5 Å². The Bertz CT molecular complexity index is 1060. The third kappa shape index (κ3) is 2.92. The predicted molar refractivity (Wildman–Crippen MR) is 104 cm³/mol. The van der Waals surface area contributed by atoms with Crippen LogP contribution in [-0.4, -0.2) is 32.2 Å². The summed E-state index contributed by atoms with van der Waals surface area (Å²) in [6.45, 7) is 6.90. The first-order chi connectivity index (χ1) is 13.0. The van der Waals surface area contributed by atoms with Gasteiger partial charge in [0.2, 0.25) is 0 Å². The summed E-state index contributed by atoms with van der Waals surface area (Å²) in [7, 11) is 0.